The van der Waals surface area contributed by atoms with E-state index in [-0.39, 0.29) is 0 Å². The number of nitrogens with one attached hydrogen (secondary N) is 1. The smallest absolute Gasteiger partial charge is 0.148 e. The molecule has 1 heterocycles. The minimum Gasteiger partial charge on any atom is -0.339 e. The number of hydrogen-bond acceptors (Lipinski definition) is 3. The fourth-order valence-corrected chi connectivity index (χ4v) is 1.55. The molecule has 2 aromatic rings. The van der Waals surface area contributed by atoms with Gasteiger partial charge in [0.05, 0.1) is 4.47 Å². The molecule has 0 radical (unpaired) electrons. The van der Waals surface area contributed by atoms with Crippen molar-refractivity contribution < 1.29 is 0 Å². The lowest BCUT2D eigenvalue weighted by Gasteiger charge is -2.06. The topological polar surface area (TPSA) is 37.8 Å². The molecule has 3 nitrogen and oxygen atoms in total. The average molecular weight is 274 g/mol. The van der Waals surface area contributed by atoms with Crippen LogP contribution in [0.2, 0.25) is 0 Å². The largest absolute Gasteiger partial charge is 0.339 e. The van der Waals surface area contributed by atoms with Crippen LogP contribution in [-0.4, -0.2) is 9.97 Å². The lowest BCUT2D eigenvalue weighted by Crippen LogP contribution is -1.95. The Kier molecular flexibility index (Phi) is 3.18. The van der Waals surface area contributed by atoms with Crippen molar-refractivity contribution in [2.75, 3.05) is 5.32 Å². The van der Waals surface area contributed by atoms with Crippen LogP contribution in [0.15, 0.2) is 41.3 Å². The second kappa shape index (κ2) is 4.77. The third-order valence-electron chi connectivity index (χ3n) is 1.96. The third kappa shape index (κ3) is 2.38. The predicted octanol–water partition coefficient (Wildman–Crippen LogP) is 2.96. The van der Waals surface area contributed by atoms with Gasteiger partial charge in [-0.2, -0.15) is 0 Å². The Bertz CT molecular complexity index is 546. The quantitative estimate of drug-likeness (QED) is 0.855. The van der Waals surface area contributed by atoms with Crippen LogP contribution in [0.25, 0.3) is 0 Å². The molecule has 0 aliphatic carbocycles. The summed E-state index contributed by atoms with van der Waals surface area (Å²) < 4.78 is 0.807. The fourth-order valence-electron chi connectivity index (χ4n) is 1.23. The molecule has 16 heavy (non-hydrogen) atoms. The first kappa shape index (κ1) is 10.7. The SMILES string of the molecule is C#Cc1cccc(Nc2ncncc2Br)c1. The van der Waals surface area contributed by atoms with E-state index >= 15 is 0 Å². The van der Waals surface area contributed by atoms with Gasteiger partial charge in [-0.25, -0.2) is 9.97 Å². The van der Waals surface area contributed by atoms with Gasteiger partial charge in [-0.15, -0.1) is 6.42 Å². The molecule has 0 saturated carbocycles. The molecule has 0 spiro atoms. The van der Waals surface area contributed by atoms with Crippen LogP contribution in [0.5, 0.6) is 0 Å². The minimum atomic E-state index is 0.712. The molecule has 0 aliphatic rings. The van der Waals surface area contributed by atoms with Crippen molar-refractivity contribution in [3.8, 4) is 12.3 Å². The van der Waals surface area contributed by atoms with Gasteiger partial charge in [-0.3, -0.25) is 0 Å². The summed E-state index contributed by atoms with van der Waals surface area (Å²) in [6.07, 6.45) is 8.49. The Morgan fingerprint density at radius 3 is 3.00 bits per heavy atom. The zero-order valence-electron chi connectivity index (χ0n) is 8.31. The number of nitrogens with zero attached hydrogens (tertiary/aromatic N) is 2. The lowest BCUT2D eigenvalue weighted by atomic mass is 10.2. The van der Waals surface area contributed by atoms with Gasteiger partial charge in [0.2, 0.25) is 0 Å². The van der Waals surface area contributed by atoms with E-state index in [0.29, 0.717) is 5.82 Å². The Hall–Kier alpha value is -1.86. The maximum atomic E-state index is 5.33. The third-order valence-corrected chi connectivity index (χ3v) is 2.54. The first-order valence-corrected chi connectivity index (χ1v) is 5.38. The minimum absolute atomic E-state index is 0.712. The fraction of sp³-hybridized carbons (Fsp3) is 0. The van der Waals surface area contributed by atoms with Gasteiger partial charge in [-0.05, 0) is 34.1 Å². The molecule has 78 valence electrons. The zero-order chi connectivity index (χ0) is 11.4. The Morgan fingerprint density at radius 1 is 1.38 bits per heavy atom. The van der Waals surface area contributed by atoms with Crippen molar-refractivity contribution in [1.82, 2.24) is 9.97 Å². The Morgan fingerprint density at radius 2 is 2.25 bits per heavy atom. The first-order valence-electron chi connectivity index (χ1n) is 4.59. The highest BCUT2D eigenvalue weighted by molar-refractivity contribution is 9.10. The van der Waals surface area contributed by atoms with Crippen LogP contribution in [-0.2, 0) is 0 Å². The van der Waals surface area contributed by atoms with E-state index in [4.69, 9.17) is 6.42 Å². The summed E-state index contributed by atoms with van der Waals surface area (Å²) in [5, 5.41) is 3.15. The summed E-state index contributed by atoms with van der Waals surface area (Å²) in [5.41, 5.74) is 1.73. The van der Waals surface area contributed by atoms with Crippen LogP contribution >= 0.6 is 15.9 Å². The highest BCUT2D eigenvalue weighted by Gasteiger charge is 2.01. The number of benzene rings is 1. The molecule has 0 aliphatic heterocycles. The van der Waals surface area contributed by atoms with Gasteiger partial charge in [0.15, 0.2) is 0 Å². The molecule has 2 rings (SSSR count). The highest BCUT2D eigenvalue weighted by atomic mass is 79.9. The van der Waals surface area contributed by atoms with Crippen molar-refractivity contribution >= 4 is 27.4 Å². The second-order valence-corrected chi connectivity index (χ2v) is 3.92. The summed E-state index contributed by atoms with van der Waals surface area (Å²) in [6.45, 7) is 0. The van der Waals surface area contributed by atoms with Gasteiger partial charge in [0.1, 0.15) is 12.1 Å². The number of terminal acetylenes is 1. The maximum Gasteiger partial charge on any atom is 0.148 e. The Balaban J connectivity index is 2.28. The Labute approximate surface area is 102 Å². The number of anilines is 2. The summed E-state index contributed by atoms with van der Waals surface area (Å²) in [7, 11) is 0. The summed E-state index contributed by atoms with van der Waals surface area (Å²) >= 11 is 3.36. The van der Waals surface area contributed by atoms with Gasteiger partial charge in [0, 0.05) is 17.4 Å². The van der Waals surface area contributed by atoms with Gasteiger partial charge in [-0.1, -0.05) is 12.0 Å². The van der Waals surface area contributed by atoms with Crippen molar-refractivity contribution in [2.24, 2.45) is 0 Å². The van der Waals surface area contributed by atoms with Crippen LogP contribution in [0.1, 0.15) is 5.56 Å². The normalized spacial score (nSPS) is 9.50. The maximum absolute atomic E-state index is 5.33. The monoisotopic (exact) mass is 273 g/mol. The molecule has 0 fully saturated rings. The molecule has 1 aromatic carbocycles. The zero-order valence-corrected chi connectivity index (χ0v) is 9.90. The molecule has 0 unspecified atom stereocenters. The summed E-state index contributed by atoms with van der Waals surface area (Å²) in [4.78, 5) is 8.00. The van der Waals surface area contributed by atoms with Gasteiger partial charge < -0.3 is 5.32 Å². The molecular weight excluding hydrogens is 266 g/mol. The van der Waals surface area contributed by atoms with Crippen molar-refractivity contribution in [2.45, 2.75) is 0 Å². The van der Waals surface area contributed by atoms with Gasteiger partial charge in [0.25, 0.3) is 0 Å². The highest BCUT2D eigenvalue weighted by Crippen LogP contribution is 2.22. The molecule has 0 atom stereocenters. The molecule has 4 heteroatoms. The van der Waals surface area contributed by atoms with Gasteiger partial charge >= 0.3 is 0 Å². The van der Waals surface area contributed by atoms with Crippen LogP contribution in [0.3, 0.4) is 0 Å². The van der Waals surface area contributed by atoms with E-state index in [1.165, 1.54) is 6.33 Å². The van der Waals surface area contributed by atoms with E-state index in [0.717, 1.165) is 15.7 Å². The number of halogens is 1. The number of hydrogen-bond donors (Lipinski definition) is 1. The van der Waals surface area contributed by atoms with Crippen molar-refractivity contribution in [3.63, 3.8) is 0 Å². The predicted molar refractivity (Wildman–Crippen MR) is 67.4 cm³/mol. The van der Waals surface area contributed by atoms with E-state index in [1.807, 2.05) is 24.3 Å². The van der Waals surface area contributed by atoms with E-state index in [2.05, 4.69) is 37.1 Å². The molecular formula is C12H8BrN3. The molecule has 0 bridgehead atoms. The van der Waals surface area contributed by atoms with Crippen LogP contribution in [0, 0.1) is 12.3 Å². The lowest BCUT2D eigenvalue weighted by molar-refractivity contribution is 1.15. The van der Waals surface area contributed by atoms with E-state index < -0.39 is 0 Å². The van der Waals surface area contributed by atoms with Crippen LogP contribution in [0.4, 0.5) is 11.5 Å². The van der Waals surface area contributed by atoms with E-state index in [9.17, 15) is 0 Å². The molecule has 0 amide bonds. The number of rotatable bonds is 2. The summed E-state index contributed by atoms with van der Waals surface area (Å²) in [5.74, 6) is 3.30. The molecule has 0 saturated heterocycles. The van der Waals surface area contributed by atoms with E-state index in [1.54, 1.807) is 6.20 Å². The second-order valence-electron chi connectivity index (χ2n) is 3.07. The standard InChI is InChI=1S/C12H8BrN3/c1-2-9-4-3-5-10(6-9)16-12-11(13)7-14-8-15-12/h1,3-8H,(H,14,15,16). The van der Waals surface area contributed by atoms with Crippen molar-refractivity contribution in [3.05, 3.63) is 46.8 Å². The van der Waals surface area contributed by atoms with Crippen LogP contribution < -0.4 is 5.32 Å². The average Bonchev–Trinajstić information content (AvgIpc) is 2.32. The summed E-state index contributed by atoms with van der Waals surface area (Å²) in [6, 6.07) is 7.58. The van der Waals surface area contributed by atoms with Crippen molar-refractivity contribution in [1.29, 1.82) is 0 Å². The molecule has 1 N–H and O–H groups in total. The number of aromatic nitrogens is 2. The first-order chi connectivity index (χ1) is 7.79. The molecule has 1 aromatic heterocycles.